The Bertz CT molecular complexity index is 422. The van der Waals surface area contributed by atoms with Crippen LogP contribution in [0.3, 0.4) is 0 Å². The number of likely N-dealkylation sites (tertiary alicyclic amines) is 1. The fraction of sp³-hybridized carbons (Fsp3) is 0.625. The third kappa shape index (κ3) is 3.37. The third-order valence-corrected chi connectivity index (χ3v) is 4.12. The van der Waals surface area contributed by atoms with Crippen LogP contribution in [0.15, 0.2) is 12.1 Å². The lowest BCUT2D eigenvalue weighted by Gasteiger charge is -2.27. The van der Waals surface area contributed by atoms with Crippen LogP contribution in [0, 0.1) is 0 Å². The van der Waals surface area contributed by atoms with Gasteiger partial charge in [-0.1, -0.05) is 12.8 Å². The standard InChI is InChI=1S/C16H25NO3/c1-12-7-5-4-6-8-17(12)11-13-9-14(19-2)16(18)15(10-13)20-3/h9-10,12,18H,4-8,11H2,1-3H3. The van der Waals surface area contributed by atoms with Crippen LogP contribution >= 0.6 is 0 Å². The second kappa shape index (κ2) is 6.84. The largest absolute Gasteiger partial charge is 0.502 e. The molecule has 1 atom stereocenters. The van der Waals surface area contributed by atoms with E-state index in [9.17, 15) is 5.11 Å². The lowest BCUT2D eigenvalue weighted by atomic mass is 10.1. The van der Waals surface area contributed by atoms with Gasteiger partial charge in [-0.2, -0.15) is 0 Å². The molecule has 1 aromatic rings. The van der Waals surface area contributed by atoms with E-state index in [1.54, 1.807) is 14.2 Å². The van der Waals surface area contributed by atoms with Gasteiger partial charge in [0.15, 0.2) is 11.5 Å². The fourth-order valence-corrected chi connectivity index (χ4v) is 2.84. The van der Waals surface area contributed by atoms with Gasteiger partial charge in [-0.3, -0.25) is 4.90 Å². The highest BCUT2D eigenvalue weighted by molar-refractivity contribution is 5.52. The number of hydrogen-bond acceptors (Lipinski definition) is 4. The lowest BCUT2D eigenvalue weighted by Crippen LogP contribution is -2.31. The van der Waals surface area contributed by atoms with Crippen molar-refractivity contribution in [2.24, 2.45) is 0 Å². The molecule has 1 heterocycles. The summed E-state index contributed by atoms with van der Waals surface area (Å²) in [5.74, 6) is 1.02. The van der Waals surface area contributed by atoms with E-state index in [0.717, 1.165) is 18.7 Å². The molecule has 0 bridgehead atoms. The molecule has 20 heavy (non-hydrogen) atoms. The Kier molecular flexibility index (Phi) is 5.12. The Morgan fingerprint density at radius 3 is 2.40 bits per heavy atom. The molecule has 4 heteroatoms. The van der Waals surface area contributed by atoms with Crippen molar-refractivity contribution in [1.29, 1.82) is 0 Å². The summed E-state index contributed by atoms with van der Waals surface area (Å²) in [7, 11) is 3.12. The maximum atomic E-state index is 9.95. The number of nitrogens with zero attached hydrogens (tertiary/aromatic N) is 1. The van der Waals surface area contributed by atoms with Crippen molar-refractivity contribution in [3.8, 4) is 17.2 Å². The quantitative estimate of drug-likeness (QED) is 0.919. The molecule has 1 fully saturated rings. The number of rotatable bonds is 4. The van der Waals surface area contributed by atoms with Crippen LogP contribution in [-0.2, 0) is 6.54 Å². The molecule has 0 spiro atoms. The van der Waals surface area contributed by atoms with Crippen LogP contribution < -0.4 is 9.47 Å². The zero-order valence-electron chi connectivity index (χ0n) is 12.7. The van der Waals surface area contributed by atoms with Gasteiger partial charge in [-0.15, -0.1) is 0 Å². The van der Waals surface area contributed by atoms with Crippen LogP contribution in [0.5, 0.6) is 17.2 Å². The van der Waals surface area contributed by atoms with Gasteiger partial charge in [0.25, 0.3) is 0 Å². The summed E-state index contributed by atoms with van der Waals surface area (Å²) in [6.07, 6.45) is 5.16. The number of aromatic hydroxyl groups is 1. The molecule has 0 aliphatic carbocycles. The molecular formula is C16H25NO3. The highest BCUT2D eigenvalue weighted by atomic mass is 16.5. The number of benzene rings is 1. The van der Waals surface area contributed by atoms with Crippen molar-refractivity contribution in [3.05, 3.63) is 17.7 Å². The monoisotopic (exact) mass is 279 g/mol. The normalized spacial score (nSPS) is 20.4. The molecule has 1 saturated heterocycles. The first-order chi connectivity index (χ1) is 9.65. The van der Waals surface area contributed by atoms with E-state index in [0.29, 0.717) is 17.5 Å². The smallest absolute Gasteiger partial charge is 0.200 e. The van der Waals surface area contributed by atoms with Crippen molar-refractivity contribution in [2.45, 2.75) is 45.2 Å². The van der Waals surface area contributed by atoms with E-state index in [2.05, 4.69) is 11.8 Å². The minimum absolute atomic E-state index is 0.0719. The Morgan fingerprint density at radius 2 is 1.80 bits per heavy atom. The first-order valence-corrected chi connectivity index (χ1v) is 7.33. The molecule has 0 radical (unpaired) electrons. The predicted octanol–water partition coefficient (Wildman–Crippen LogP) is 3.17. The minimum Gasteiger partial charge on any atom is -0.502 e. The van der Waals surface area contributed by atoms with E-state index >= 15 is 0 Å². The summed E-state index contributed by atoms with van der Waals surface area (Å²) in [4.78, 5) is 2.50. The Balaban J connectivity index is 2.19. The molecule has 0 aromatic heterocycles. The van der Waals surface area contributed by atoms with Crippen molar-refractivity contribution >= 4 is 0 Å². The first kappa shape index (κ1) is 15.0. The topological polar surface area (TPSA) is 41.9 Å². The van der Waals surface area contributed by atoms with E-state index in [-0.39, 0.29) is 5.75 Å². The second-order valence-electron chi connectivity index (χ2n) is 5.52. The summed E-state index contributed by atoms with van der Waals surface area (Å²) in [6, 6.07) is 4.40. The SMILES string of the molecule is COc1cc(CN2CCCCCC2C)cc(OC)c1O. The van der Waals surface area contributed by atoms with Crippen LogP contribution in [-0.4, -0.2) is 36.8 Å². The summed E-state index contributed by atoms with van der Waals surface area (Å²) in [5.41, 5.74) is 1.12. The molecule has 1 aliphatic heterocycles. The molecule has 1 N–H and O–H groups in total. The van der Waals surface area contributed by atoms with Crippen molar-refractivity contribution in [2.75, 3.05) is 20.8 Å². The molecule has 0 amide bonds. The predicted molar refractivity (Wildman–Crippen MR) is 79.6 cm³/mol. The molecule has 1 aromatic carbocycles. The maximum Gasteiger partial charge on any atom is 0.200 e. The van der Waals surface area contributed by atoms with Crippen LogP contribution in [0.4, 0.5) is 0 Å². The van der Waals surface area contributed by atoms with Crippen LogP contribution in [0.2, 0.25) is 0 Å². The number of hydrogen-bond donors (Lipinski definition) is 1. The van der Waals surface area contributed by atoms with Crippen molar-refractivity contribution in [3.63, 3.8) is 0 Å². The maximum absolute atomic E-state index is 9.95. The average molecular weight is 279 g/mol. The zero-order chi connectivity index (χ0) is 14.5. The minimum atomic E-state index is 0.0719. The molecular weight excluding hydrogens is 254 g/mol. The van der Waals surface area contributed by atoms with Crippen LogP contribution in [0.1, 0.15) is 38.2 Å². The van der Waals surface area contributed by atoms with E-state index in [1.807, 2.05) is 12.1 Å². The highest BCUT2D eigenvalue weighted by Gasteiger charge is 2.19. The Hall–Kier alpha value is -1.42. The molecule has 1 unspecified atom stereocenters. The summed E-state index contributed by atoms with van der Waals surface area (Å²) < 4.78 is 10.4. The van der Waals surface area contributed by atoms with Gasteiger partial charge in [-0.25, -0.2) is 0 Å². The van der Waals surface area contributed by atoms with Crippen LogP contribution in [0.25, 0.3) is 0 Å². The van der Waals surface area contributed by atoms with E-state index in [4.69, 9.17) is 9.47 Å². The fourth-order valence-electron chi connectivity index (χ4n) is 2.84. The number of phenols is 1. The van der Waals surface area contributed by atoms with Gasteiger partial charge < -0.3 is 14.6 Å². The van der Waals surface area contributed by atoms with Gasteiger partial charge in [0.05, 0.1) is 14.2 Å². The Morgan fingerprint density at radius 1 is 1.15 bits per heavy atom. The summed E-state index contributed by atoms with van der Waals surface area (Å²) >= 11 is 0. The van der Waals surface area contributed by atoms with Gasteiger partial charge >= 0.3 is 0 Å². The highest BCUT2D eigenvalue weighted by Crippen LogP contribution is 2.37. The van der Waals surface area contributed by atoms with Gasteiger partial charge in [0.2, 0.25) is 5.75 Å². The molecule has 112 valence electrons. The molecule has 2 rings (SSSR count). The Labute approximate surface area is 121 Å². The number of ether oxygens (including phenoxy) is 2. The van der Waals surface area contributed by atoms with E-state index < -0.39 is 0 Å². The van der Waals surface area contributed by atoms with Gasteiger partial charge in [0, 0.05) is 12.6 Å². The molecule has 1 aliphatic rings. The summed E-state index contributed by atoms with van der Waals surface area (Å²) in [5, 5.41) is 9.95. The number of methoxy groups -OCH3 is 2. The summed E-state index contributed by atoms with van der Waals surface area (Å²) in [6.45, 7) is 4.29. The van der Waals surface area contributed by atoms with Crippen molar-refractivity contribution < 1.29 is 14.6 Å². The first-order valence-electron chi connectivity index (χ1n) is 7.33. The second-order valence-corrected chi connectivity index (χ2v) is 5.52. The zero-order valence-corrected chi connectivity index (χ0v) is 12.7. The van der Waals surface area contributed by atoms with Crippen molar-refractivity contribution in [1.82, 2.24) is 4.90 Å². The van der Waals surface area contributed by atoms with Gasteiger partial charge in [-0.05, 0) is 44.0 Å². The third-order valence-electron chi connectivity index (χ3n) is 4.12. The molecule has 4 nitrogen and oxygen atoms in total. The number of phenolic OH excluding ortho intramolecular Hbond substituents is 1. The van der Waals surface area contributed by atoms with E-state index in [1.165, 1.54) is 25.7 Å². The molecule has 0 saturated carbocycles. The van der Waals surface area contributed by atoms with Gasteiger partial charge in [0.1, 0.15) is 0 Å². The lowest BCUT2D eigenvalue weighted by molar-refractivity contribution is 0.204. The average Bonchev–Trinajstić information content (AvgIpc) is 2.65.